The van der Waals surface area contributed by atoms with Gasteiger partial charge in [-0.05, 0) is 28.8 Å². The van der Waals surface area contributed by atoms with Crippen LogP contribution in [-0.4, -0.2) is 36.3 Å². The van der Waals surface area contributed by atoms with Crippen LogP contribution >= 0.6 is 12.4 Å². The molecule has 1 amide bonds. The van der Waals surface area contributed by atoms with Gasteiger partial charge in [0, 0.05) is 13.1 Å². The molecule has 3 aromatic rings. The Balaban J connectivity index is 0.00000341. The van der Waals surface area contributed by atoms with Crippen molar-refractivity contribution >= 4 is 18.5 Å². The maximum Gasteiger partial charge on any atom is 0.408 e. The van der Waals surface area contributed by atoms with Crippen LogP contribution in [0.1, 0.15) is 22.7 Å². The molecule has 3 rings (SSSR count). The highest BCUT2D eigenvalue weighted by Crippen LogP contribution is 2.35. The third-order valence-corrected chi connectivity index (χ3v) is 4.78. The second kappa shape index (κ2) is 11.8. The number of benzene rings is 3. The number of carboxylic acid groups (broad SMARTS) is 1. The molecule has 1 unspecified atom stereocenters. The summed E-state index contributed by atoms with van der Waals surface area (Å²) in [5.74, 6) is 1.14. The number of rotatable bonds is 9. The molecule has 0 aromatic heterocycles. The number of methoxy groups -OCH3 is 1. The molecule has 0 aliphatic heterocycles. The zero-order valence-electron chi connectivity index (χ0n) is 17.3. The van der Waals surface area contributed by atoms with Crippen molar-refractivity contribution in [3.05, 3.63) is 95.6 Å². The van der Waals surface area contributed by atoms with Gasteiger partial charge in [-0.1, -0.05) is 66.7 Å². The summed E-state index contributed by atoms with van der Waals surface area (Å²) in [5, 5.41) is 9.80. The molecular formula is C24H27ClN2O4. The van der Waals surface area contributed by atoms with Gasteiger partial charge in [0.05, 0.1) is 13.2 Å². The van der Waals surface area contributed by atoms with E-state index >= 15 is 0 Å². The van der Waals surface area contributed by atoms with E-state index in [-0.39, 0.29) is 25.5 Å². The Bertz CT molecular complexity index is 954. The number of ether oxygens (including phenoxy) is 2. The first-order valence-corrected chi connectivity index (χ1v) is 9.73. The van der Waals surface area contributed by atoms with Gasteiger partial charge in [-0.15, -0.1) is 12.4 Å². The van der Waals surface area contributed by atoms with Crippen LogP contribution in [0.2, 0.25) is 0 Å². The number of hydrogen-bond acceptors (Lipinski definition) is 4. The lowest BCUT2D eigenvalue weighted by Gasteiger charge is -2.30. The van der Waals surface area contributed by atoms with Gasteiger partial charge in [-0.2, -0.15) is 0 Å². The van der Waals surface area contributed by atoms with E-state index in [1.54, 1.807) is 7.11 Å². The predicted molar refractivity (Wildman–Crippen MR) is 123 cm³/mol. The first-order valence-electron chi connectivity index (χ1n) is 9.73. The summed E-state index contributed by atoms with van der Waals surface area (Å²) >= 11 is 0. The van der Waals surface area contributed by atoms with Crippen LogP contribution in [0.4, 0.5) is 4.79 Å². The first-order chi connectivity index (χ1) is 14.6. The Morgan fingerprint density at radius 1 is 0.968 bits per heavy atom. The number of hydrogen-bond donors (Lipinski definition) is 2. The van der Waals surface area contributed by atoms with Gasteiger partial charge in [0.1, 0.15) is 6.61 Å². The van der Waals surface area contributed by atoms with Gasteiger partial charge < -0.3 is 20.3 Å². The van der Waals surface area contributed by atoms with Crippen molar-refractivity contribution in [1.82, 2.24) is 4.90 Å². The predicted octanol–water partition coefficient (Wildman–Crippen LogP) is 4.72. The average molecular weight is 443 g/mol. The Labute approximate surface area is 188 Å². The summed E-state index contributed by atoms with van der Waals surface area (Å²) in [6, 6.07) is 24.3. The molecule has 0 saturated heterocycles. The molecule has 31 heavy (non-hydrogen) atoms. The highest BCUT2D eigenvalue weighted by atomic mass is 35.5. The molecule has 0 aliphatic carbocycles. The van der Waals surface area contributed by atoms with Crippen LogP contribution in [0.3, 0.4) is 0 Å². The number of carbonyl (C=O) groups is 1. The minimum Gasteiger partial charge on any atom is -0.493 e. The van der Waals surface area contributed by atoms with Gasteiger partial charge in [0.15, 0.2) is 11.5 Å². The summed E-state index contributed by atoms with van der Waals surface area (Å²) in [4.78, 5) is 13.3. The minimum absolute atomic E-state index is 0. The third kappa shape index (κ3) is 6.13. The molecule has 0 aliphatic rings. The average Bonchev–Trinajstić information content (AvgIpc) is 2.79. The number of halogens is 1. The summed E-state index contributed by atoms with van der Waals surface area (Å²) in [6.45, 7) is 0.849. The second-order valence-electron chi connectivity index (χ2n) is 6.76. The molecule has 0 bridgehead atoms. The number of nitrogens with zero attached hydrogens (tertiary/aromatic N) is 1. The Hall–Kier alpha value is -3.22. The molecule has 0 radical (unpaired) electrons. The van der Waals surface area contributed by atoms with E-state index in [0.29, 0.717) is 18.1 Å². The zero-order chi connectivity index (χ0) is 21.3. The van der Waals surface area contributed by atoms with E-state index in [1.807, 2.05) is 78.9 Å². The summed E-state index contributed by atoms with van der Waals surface area (Å²) in [7, 11) is 1.57. The molecule has 3 N–H and O–H groups in total. The number of amides is 1. The van der Waals surface area contributed by atoms with E-state index < -0.39 is 12.1 Å². The molecule has 0 heterocycles. The van der Waals surface area contributed by atoms with Crippen molar-refractivity contribution in [2.24, 2.45) is 5.73 Å². The third-order valence-electron chi connectivity index (χ3n) is 4.78. The van der Waals surface area contributed by atoms with Crippen LogP contribution < -0.4 is 15.2 Å². The van der Waals surface area contributed by atoms with Crippen molar-refractivity contribution in [1.29, 1.82) is 0 Å². The van der Waals surface area contributed by atoms with E-state index in [9.17, 15) is 9.90 Å². The topological polar surface area (TPSA) is 85.0 Å². The van der Waals surface area contributed by atoms with Crippen LogP contribution in [0, 0.1) is 0 Å². The van der Waals surface area contributed by atoms with Gasteiger partial charge in [-0.3, -0.25) is 4.90 Å². The van der Waals surface area contributed by atoms with Crippen LogP contribution in [0.15, 0.2) is 78.9 Å². The van der Waals surface area contributed by atoms with E-state index in [4.69, 9.17) is 15.2 Å². The molecule has 7 heteroatoms. The highest BCUT2D eigenvalue weighted by molar-refractivity contribution is 5.85. The monoisotopic (exact) mass is 442 g/mol. The highest BCUT2D eigenvalue weighted by Gasteiger charge is 2.27. The van der Waals surface area contributed by atoms with Gasteiger partial charge in [0.2, 0.25) is 0 Å². The quantitative estimate of drug-likeness (QED) is 0.500. The van der Waals surface area contributed by atoms with Gasteiger partial charge in [-0.25, -0.2) is 4.79 Å². The van der Waals surface area contributed by atoms with Crippen molar-refractivity contribution in [3.63, 3.8) is 0 Å². The fraction of sp³-hybridized carbons (Fsp3) is 0.208. The molecule has 0 fully saturated rings. The van der Waals surface area contributed by atoms with Crippen LogP contribution in [0.25, 0.3) is 0 Å². The lowest BCUT2D eigenvalue weighted by molar-refractivity contribution is 0.134. The lowest BCUT2D eigenvalue weighted by Crippen LogP contribution is -2.38. The maximum atomic E-state index is 12.0. The van der Waals surface area contributed by atoms with E-state index in [0.717, 1.165) is 16.7 Å². The fourth-order valence-corrected chi connectivity index (χ4v) is 3.37. The molecule has 3 aromatic carbocycles. The maximum absolute atomic E-state index is 12.0. The Kier molecular flexibility index (Phi) is 9.18. The largest absolute Gasteiger partial charge is 0.493 e. The van der Waals surface area contributed by atoms with Crippen molar-refractivity contribution < 1.29 is 19.4 Å². The first kappa shape index (κ1) is 24.1. The SMILES string of the molecule is COc1cc(C(c2ccccc2)N(CCN)C(=O)O)ccc1OCc1ccccc1.Cl. The summed E-state index contributed by atoms with van der Waals surface area (Å²) in [6.07, 6.45) is -1.03. The van der Waals surface area contributed by atoms with Crippen LogP contribution in [-0.2, 0) is 6.61 Å². The smallest absolute Gasteiger partial charge is 0.408 e. The van der Waals surface area contributed by atoms with Gasteiger partial charge >= 0.3 is 6.09 Å². The Morgan fingerprint density at radius 2 is 1.61 bits per heavy atom. The fourth-order valence-electron chi connectivity index (χ4n) is 3.37. The van der Waals surface area contributed by atoms with E-state index in [1.165, 1.54) is 4.90 Å². The van der Waals surface area contributed by atoms with Gasteiger partial charge in [0.25, 0.3) is 0 Å². The van der Waals surface area contributed by atoms with Crippen molar-refractivity contribution in [2.75, 3.05) is 20.2 Å². The summed E-state index contributed by atoms with van der Waals surface area (Å²) in [5.41, 5.74) is 8.37. The normalized spacial score (nSPS) is 11.2. The summed E-state index contributed by atoms with van der Waals surface area (Å²) < 4.78 is 11.5. The van der Waals surface area contributed by atoms with Crippen molar-refractivity contribution in [3.8, 4) is 11.5 Å². The minimum atomic E-state index is -1.03. The second-order valence-corrected chi connectivity index (χ2v) is 6.76. The standard InChI is InChI=1S/C24H26N2O4.ClH/c1-29-22-16-20(12-13-21(22)30-17-18-8-4-2-5-9-18)23(19-10-6-3-7-11-19)26(15-14-25)24(27)28;/h2-13,16,23H,14-15,17,25H2,1H3,(H,27,28);1H. The lowest BCUT2D eigenvalue weighted by atomic mass is 9.96. The molecule has 1 atom stereocenters. The molecule has 0 spiro atoms. The molecule has 0 saturated carbocycles. The Morgan fingerprint density at radius 3 is 2.19 bits per heavy atom. The number of nitrogens with two attached hydrogens (primary N) is 1. The van der Waals surface area contributed by atoms with Crippen molar-refractivity contribution in [2.45, 2.75) is 12.6 Å². The zero-order valence-corrected chi connectivity index (χ0v) is 18.1. The van der Waals surface area contributed by atoms with E-state index in [2.05, 4.69) is 0 Å². The molecule has 6 nitrogen and oxygen atoms in total. The molecular weight excluding hydrogens is 416 g/mol. The van der Waals surface area contributed by atoms with Crippen LogP contribution in [0.5, 0.6) is 11.5 Å². The molecule has 164 valence electrons.